The molecule has 0 radical (unpaired) electrons. The van der Waals surface area contributed by atoms with Crippen molar-refractivity contribution in [2.45, 2.75) is 22.7 Å². The van der Waals surface area contributed by atoms with Crippen molar-refractivity contribution < 1.29 is 19.4 Å². The number of aliphatic hydroxyl groups excluding tert-OH is 1. The molecule has 1 atom stereocenters. The number of aromatic nitrogens is 2. The highest BCUT2D eigenvalue weighted by Gasteiger charge is 2.48. The second kappa shape index (κ2) is 13.6. The molecule has 7 nitrogen and oxygen atoms in total. The third-order valence-corrected chi connectivity index (χ3v) is 9.92. The summed E-state index contributed by atoms with van der Waals surface area (Å²) in [5.74, 6) is -0.887. The van der Waals surface area contributed by atoms with E-state index in [1.165, 1.54) is 16.7 Å². The predicted molar refractivity (Wildman–Crippen MR) is 179 cm³/mol. The number of hydrogen-bond acceptors (Lipinski definition) is 8. The van der Waals surface area contributed by atoms with Crippen LogP contribution in [0.15, 0.2) is 107 Å². The van der Waals surface area contributed by atoms with Gasteiger partial charge in [0.15, 0.2) is 4.34 Å². The number of carbonyl (C=O) groups excluding carboxylic acids is 2. The molecular weight excluding hydrogens is 673 g/mol. The maximum absolute atomic E-state index is 13.6. The Labute approximate surface area is 282 Å². The van der Waals surface area contributed by atoms with Crippen molar-refractivity contribution in [2.24, 2.45) is 0 Å². The van der Waals surface area contributed by atoms with Crippen LogP contribution in [0, 0.1) is 0 Å². The average Bonchev–Trinajstić information content (AvgIpc) is 3.62. The van der Waals surface area contributed by atoms with Gasteiger partial charge in [0.25, 0.3) is 5.78 Å². The topological polar surface area (TPSA) is 92.6 Å². The number of ether oxygens (including phenoxy) is 1. The van der Waals surface area contributed by atoms with E-state index in [-0.39, 0.29) is 16.5 Å². The Kier molecular flexibility index (Phi) is 9.44. The van der Waals surface area contributed by atoms with Gasteiger partial charge in [-0.1, -0.05) is 106 Å². The molecule has 1 amide bonds. The van der Waals surface area contributed by atoms with Gasteiger partial charge < -0.3 is 9.84 Å². The molecule has 1 unspecified atom stereocenters. The van der Waals surface area contributed by atoms with E-state index >= 15 is 0 Å². The van der Waals surface area contributed by atoms with Gasteiger partial charge in [-0.05, 0) is 65.2 Å². The molecule has 0 bridgehead atoms. The third kappa shape index (κ3) is 6.88. The van der Waals surface area contributed by atoms with Crippen molar-refractivity contribution in [2.75, 3.05) is 4.90 Å². The largest absolute Gasteiger partial charge is 0.507 e. The van der Waals surface area contributed by atoms with Crippen LogP contribution in [0.3, 0.4) is 0 Å². The Morgan fingerprint density at radius 3 is 2.31 bits per heavy atom. The Hall–Kier alpha value is -3.86. The minimum absolute atomic E-state index is 0.0716. The second-order valence-corrected chi connectivity index (χ2v) is 13.4. The molecule has 1 fully saturated rings. The summed E-state index contributed by atoms with van der Waals surface area (Å²) in [5.41, 5.74) is 2.73. The summed E-state index contributed by atoms with van der Waals surface area (Å²) in [7, 11) is 0. The molecule has 1 aliphatic rings. The lowest BCUT2D eigenvalue weighted by molar-refractivity contribution is -0.132. The van der Waals surface area contributed by atoms with Crippen LogP contribution in [0.25, 0.3) is 5.76 Å². The molecule has 5 aromatic rings. The Morgan fingerprint density at radius 1 is 0.889 bits per heavy atom. The Bertz CT molecular complexity index is 1900. The molecule has 2 heterocycles. The molecule has 6 rings (SSSR count). The monoisotopic (exact) mass is 693 g/mol. The maximum atomic E-state index is 13.6. The number of aliphatic hydroxyl groups is 1. The van der Waals surface area contributed by atoms with Gasteiger partial charge in [0.1, 0.15) is 18.1 Å². The van der Waals surface area contributed by atoms with Gasteiger partial charge in [0.2, 0.25) is 5.13 Å². The fourth-order valence-corrected chi connectivity index (χ4v) is 7.28. The third-order valence-electron chi connectivity index (χ3n) is 6.97. The zero-order valence-corrected chi connectivity index (χ0v) is 27.1. The van der Waals surface area contributed by atoms with Gasteiger partial charge in [0.05, 0.1) is 11.6 Å². The SMILES string of the molecule is O=C1C(=O)N(c2nnc(SCc3ccc(Cl)cc3Cl)s2)C(c2ccc(OCc3ccccc3)cc2)/C1=C(/O)c1ccc(Cl)cc1. The second-order valence-electron chi connectivity index (χ2n) is 9.89. The zero-order valence-electron chi connectivity index (χ0n) is 23.2. The number of hydrogen-bond donors (Lipinski definition) is 1. The first-order valence-corrected chi connectivity index (χ1v) is 16.5. The van der Waals surface area contributed by atoms with Crippen LogP contribution < -0.4 is 9.64 Å². The van der Waals surface area contributed by atoms with E-state index in [1.54, 1.807) is 60.7 Å². The number of carbonyl (C=O) groups is 2. The Balaban J connectivity index is 1.33. The first-order valence-electron chi connectivity index (χ1n) is 13.5. The van der Waals surface area contributed by atoms with Crippen molar-refractivity contribution >= 4 is 80.5 Å². The fraction of sp³-hybridized carbons (Fsp3) is 0.0909. The van der Waals surface area contributed by atoms with E-state index in [1.807, 2.05) is 36.4 Å². The molecule has 12 heteroatoms. The first kappa shape index (κ1) is 31.1. The number of thioether (sulfide) groups is 1. The highest BCUT2D eigenvalue weighted by molar-refractivity contribution is 8.00. The van der Waals surface area contributed by atoms with Crippen molar-refractivity contribution in [3.8, 4) is 5.75 Å². The summed E-state index contributed by atoms with van der Waals surface area (Å²) in [6.07, 6.45) is 0. The van der Waals surface area contributed by atoms with Crippen molar-refractivity contribution in [3.05, 3.63) is 140 Å². The fourth-order valence-electron chi connectivity index (χ4n) is 4.73. The molecule has 1 aliphatic heterocycles. The number of nitrogens with zero attached hydrogens (tertiary/aromatic N) is 3. The van der Waals surface area contributed by atoms with Gasteiger partial charge in [-0.25, -0.2) is 0 Å². The summed E-state index contributed by atoms with van der Waals surface area (Å²) in [5, 5.41) is 21.7. The van der Waals surface area contributed by atoms with Crippen molar-refractivity contribution in [1.29, 1.82) is 0 Å². The van der Waals surface area contributed by atoms with Gasteiger partial charge in [-0.15, -0.1) is 10.2 Å². The summed E-state index contributed by atoms with van der Waals surface area (Å²) in [4.78, 5) is 28.4. The number of amides is 1. The number of anilines is 1. The standard InChI is InChI=1S/C33H22Cl3N3O4S2/c34-23-11-6-21(7-12-23)29(40)27-28(20-9-14-25(15-10-20)43-17-19-4-2-1-3-5-19)39(31(42)30(27)41)32-37-38-33(45-32)44-18-22-8-13-24(35)16-26(22)36/h1-16,28,40H,17-18H2/b29-27-. The van der Waals surface area contributed by atoms with Gasteiger partial charge in [0, 0.05) is 26.4 Å². The summed E-state index contributed by atoms with van der Waals surface area (Å²) >= 11 is 20.9. The molecule has 0 spiro atoms. The minimum atomic E-state index is -0.972. The quantitative estimate of drug-likeness (QED) is 0.0541. The van der Waals surface area contributed by atoms with Gasteiger partial charge >= 0.3 is 5.91 Å². The van der Waals surface area contributed by atoms with Crippen LogP contribution in [0.5, 0.6) is 5.75 Å². The normalized spacial score (nSPS) is 15.9. The number of Topliss-reactive ketones (excluding diaryl/α,β-unsaturated/α-hetero) is 1. The number of halogens is 3. The molecular formula is C33H22Cl3N3O4S2. The molecule has 226 valence electrons. The van der Waals surface area contributed by atoms with E-state index in [9.17, 15) is 14.7 Å². The lowest BCUT2D eigenvalue weighted by Gasteiger charge is -2.22. The van der Waals surface area contributed by atoms with E-state index in [0.29, 0.717) is 48.6 Å². The highest BCUT2D eigenvalue weighted by Crippen LogP contribution is 2.44. The smallest absolute Gasteiger partial charge is 0.301 e. The van der Waals surface area contributed by atoms with Gasteiger partial charge in [-0.2, -0.15) is 0 Å². The molecule has 1 saturated heterocycles. The van der Waals surface area contributed by atoms with Gasteiger partial charge in [-0.3, -0.25) is 14.5 Å². The van der Waals surface area contributed by atoms with Crippen LogP contribution in [-0.4, -0.2) is 27.0 Å². The lowest BCUT2D eigenvalue weighted by Crippen LogP contribution is -2.29. The molecule has 1 aromatic heterocycles. The molecule has 0 saturated carbocycles. The summed E-state index contributed by atoms with van der Waals surface area (Å²) in [6, 6.07) is 27.5. The van der Waals surface area contributed by atoms with Crippen molar-refractivity contribution in [3.63, 3.8) is 0 Å². The zero-order chi connectivity index (χ0) is 31.5. The predicted octanol–water partition coefficient (Wildman–Crippen LogP) is 9.00. The van der Waals surface area contributed by atoms with E-state index in [0.717, 1.165) is 22.5 Å². The van der Waals surface area contributed by atoms with E-state index in [2.05, 4.69) is 10.2 Å². The van der Waals surface area contributed by atoms with Crippen molar-refractivity contribution in [1.82, 2.24) is 10.2 Å². The molecule has 0 aliphatic carbocycles. The summed E-state index contributed by atoms with van der Waals surface area (Å²) in [6.45, 7) is 0.377. The first-order chi connectivity index (χ1) is 21.8. The van der Waals surface area contributed by atoms with Crippen LogP contribution >= 0.6 is 57.9 Å². The molecule has 4 aromatic carbocycles. The Morgan fingerprint density at radius 2 is 1.60 bits per heavy atom. The van der Waals surface area contributed by atoms with Crippen LogP contribution in [0.1, 0.15) is 28.3 Å². The van der Waals surface area contributed by atoms with E-state index in [4.69, 9.17) is 39.5 Å². The molecule has 45 heavy (non-hydrogen) atoms. The number of rotatable bonds is 9. The van der Waals surface area contributed by atoms with Crippen LogP contribution in [-0.2, 0) is 21.9 Å². The van der Waals surface area contributed by atoms with E-state index < -0.39 is 17.7 Å². The maximum Gasteiger partial charge on any atom is 0.301 e. The average molecular weight is 695 g/mol. The summed E-state index contributed by atoms with van der Waals surface area (Å²) < 4.78 is 6.51. The lowest BCUT2D eigenvalue weighted by atomic mass is 9.95. The van der Waals surface area contributed by atoms with Crippen LogP contribution in [0.4, 0.5) is 5.13 Å². The highest BCUT2D eigenvalue weighted by atomic mass is 35.5. The molecule has 1 N–H and O–H groups in total. The van der Waals surface area contributed by atoms with Crippen LogP contribution in [0.2, 0.25) is 15.1 Å². The minimum Gasteiger partial charge on any atom is -0.507 e. The number of ketones is 1. The number of benzene rings is 4.